The van der Waals surface area contributed by atoms with Crippen LogP contribution in [0.4, 0.5) is 0 Å². The molecule has 0 N–H and O–H groups in total. The van der Waals surface area contributed by atoms with Crippen molar-refractivity contribution in [1.29, 1.82) is 0 Å². The van der Waals surface area contributed by atoms with Crippen molar-refractivity contribution in [1.82, 2.24) is 20.0 Å². The Hall–Kier alpha value is -2.24. The van der Waals surface area contributed by atoms with E-state index in [4.69, 9.17) is 4.52 Å². The predicted molar refractivity (Wildman–Crippen MR) is 89.3 cm³/mol. The zero-order chi connectivity index (χ0) is 16.9. The monoisotopic (exact) mass is 328 g/mol. The van der Waals surface area contributed by atoms with Crippen molar-refractivity contribution in [3.8, 4) is 0 Å². The SMILES string of the molecule is CC(C)c1noc(CCCC(=O)N2CCCC2c2ccncc2)n1. The fourth-order valence-corrected chi connectivity index (χ4v) is 3.14. The van der Waals surface area contributed by atoms with Crippen LogP contribution in [0.5, 0.6) is 0 Å². The summed E-state index contributed by atoms with van der Waals surface area (Å²) in [4.78, 5) is 23.0. The lowest BCUT2D eigenvalue weighted by molar-refractivity contribution is -0.132. The molecule has 1 aliphatic rings. The average Bonchev–Trinajstić information content (AvgIpc) is 3.25. The van der Waals surface area contributed by atoms with Crippen LogP contribution in [-0.4, -0.2) is 32.5 Å². The van der Waals surface area contributed by atoms with Crippen LogP contribution in [0.25, 0.3) is 0 Å². The molecule has 0 saturated carbocycles. The minimum absolute atomic E-state index is 0.191. The van der Waals surface area contributed by atoms with Gasteiger partial charge in [0, 0.05) is 37.7 Å². The third-order valence-corrected chi connectivity index (χ3v) is 4.45. The highest BCUT2D eigenvalue weighted by molar-refractivity contribution is 5.77. The number of rotatable bonds is 6. The first-order chi connectivity index (χ1) is 11.6. The van der Waals surface area contributed by atoms with Gasteiger partial charge in [-0.05, 0) is 37.0 Å². The molecule has 0 spiro atoms. The van der Waals surface area contributed by atoms with Gasteiger partial charge in [0.2, 0.25) is 11.8 Å². The van der Waals surface area contributed by atoms with Gasteiger partial charge >= 0.3 is 0 Å². The summed E-state index contributed by atoms with van der Waals surface area (Å²) in [6, 6.07) is 4.20. The molecule has 3 rings (SSSR count). The van der Waals surface area contributed by atoms with Gasteiger partial charge in [-0.15, -0.1) is 0 Å². The number of likely N-dealkylation sites (tertiary alicyclic amines) is 1. The van der Waals surface area contributed by atoms with Crippen LogP contribution in [0.3, 0.4) is 0 Å². The quantitative estimate of drug-likeness (QED) is 0.814. The molecule has 2 aromatic heterocycles. The predicted octanol–water partition coefficient (Wildman–Crippen LogP) is 3.27. The third-order valence-electron chi connectivity index (χ3n) is 4.45. The molecule has 0 radical (unpaired) electrons. The number of hydrogen-bond donors (Lipinski definition) is 0. The first-order valence-corrected chi connectivity index (χ1v) is 8.67. The molecule has 1 fully saturated rings. The van der Waals surface area contributed by atoms with Crippen molar-refractivity contribution in [2.75, 3.05) is 6.54 Å². The van der Waals surface area contributed by atoms with E-state index in [1.807, 2.05) is 30.9 Å². The van der Waals surface area contributed by atoms with Crippen molar-refractivity contribution in [3.63, 3.8) is 0 Å². The minimum Gasteiger partial charge on any atom is -0.339 e. The number of carbonyl (C=O) groups excluding carboxylic acids is 1. The molecular weight excluding hydrogens is 304 g/mol. The van der Waals surface area contributed by atoms with Crippen molar-refractivity contribution in [2.24, 2.45) is 0 Å². The van der Waals surface area contributed by atoms with Gasteiger partial charge in [0.1, 0.15) is 0 Å². The number of nitrogens with zero attached hydrogens (tertiary/aromatic N) is 4. The molecule has 0 aromatic carbocycles. The van der Waals surface area contributed by atoms with E-state index in [-0.39, 0.29) is 17.9 Å². The van der Waals surface area contributed by atoms with Crippen LogP contribution in [-0.2, 0) is 11.2 Å². The Kier molecular flexibility index (Phi) is 5.23. The maximum Gasteiger partial charge on any atom is 0.226 e. The molecule has 1 atom stereocenters. The second-order valence-corrected chi connectivity index (χ2v) is 6.58. The Bertz CT molecular complexity index is 669. The van der Waals surface area contributed by atoms with E-state index in [1.54, 1.807) is 12.4 Å². The fraction of sp³-hybridized carbons (Fsp3) is 0.556. The lowest BCUT2D eigenvalue weighted by atomic mass is 10.1. The van der Waals surface area contributed by atoms with Gasteiger partial charge in [0.05, 0.1) is 6.04 Å². The number of aromatic nitrogens is 3. The summed E-state index contributed by atoms with van der Waals surface area (Å²) in [5.74, 6) is 1.82. The highest BCUT2D eigenvalue weighted by atomic mass is 16.5. The van der Waals surface area contributed by atoms with Crippen molar-refractivity contribution < 1.29 is 9.32 Å². The Morgan fingerprint density at radius 3 is 2.88 bits per heavy atom. The van der Waals surface area contributed by atoms with Gasteiger partial charge in [-0.1, -0.05) is 19.0 Å². The largest absolute Gasteiger partial charge is 0.339 e. The van der Waals surface area contributed by atoms with Crippen LogP contribution in [0.2, 0.25) is 0 Å². The molecular formula is C18H24N4O2. The molecule has 6 nitrogen and oxygen atoms in total. The van der Waals surface area contributed by atoms with E-state index in [0.29, 0.717) is 18.7 Å². The number of carbonyl (C=O) groups is 1. The first kappa shape index (κ1) is 16.6. The lowest BCUT2D eigenvalue weighted by Crippen LogP contribution is -2.30. The molecule has 128 valence electrons. The summed E-state index contributed by atoms with van der Waals surface area (Å²) < 4.78 is 5.23. The van der Waals surface area contributed by atoms with Crippen LogP contribution in [0.1, 0.15) is 68.8 Å². The van der Waals surface area contributed by atoms with E-state index in [0.717, 1.165) is 31.6 Å². The summed E-state index contributed by atoms with van der Waals surface area (Å²) in [6.07, 6.45) is 7.56. The van der Waals surface area contributed by atoms with Crippen LogP contribution in [0.15, 0.2) is 29.0 Å². The number of amides is 1. The maximum atomic E-state index is 12.6. The highest BCUT2D eigenvalue weighted by Crippen LogP contribution is 2.32. The maximum absolute atomic E-state index is 12.6. The van der Waals surface area contributed by atoms with Gasteiger partial charge in [0.15, 0.2) is 5.82 Å². The van der Waals surface area contributed by atoms with Crippen LogP contribution >= 0.6 is 0 Å². The van der Waals surface area contributed by atoms with E-state index in [1.165, 1.54) is 5.56 Å². The smallest absolute Gasteiger partial charge is 0.226 e. The molecule has 1 unspecified atom stereocenters. The highest BCUT2D eigenvalue weighted by Gasteiger charge is 2.29. The Labute approximate surface area is 142 Å². The molecule has 1 aliphatic heterocycles. The summed E-state index contributed by atoms with van der Waals surface area (Å²) in [5.41, 5.74) is 1.18. The molecule has 24 heavy (non-hydrogen) atoms. The van der Waals surface area contributed by atoms with Gasteiger partial charge < -0.3 is 9.42 Å². The van der Waals surface area contributed by atoms with Crippen molar-refractivity contribution >= 4 is 5.91 Å². The molecule has 1 saturated heterocycles. The molecule has 1 amide bonds. The summed E-state index contributed by atoms with van der Waals surface area (Å²) in [5, 5.41) is 3.96. The van der Waals surface area contributed by atoms with Crippen molar-refractivity contribution in [3.05, 3.63) is 41.8 Å². The van der Waals surface area contributed by atoms with Crippen molar-refractivity contribution in [2.45, 2.75) is 57.9 Å². The Balaban J connectivity index is 1.52. The third kappa shape index (κ3) is 3.80. The zero-order valence-electron chi connectivity index (χ0n) is 14.3. The van der Waals surface area contributed by atoms with Gasteiger partial charge in [0.25, 0.3) is 0 Å². The van der Waals surface area contributed by atoms with E-state index in [9.17, 15) is 4.79 Å². The molecule has 3 heterocycles. The average molecular weight is 328 g/mol. The molecule has 2 aromatic rings. The summed E-state index contributed by atoms with van der Waals surface area (Å²) in [7, 11) is 0. The first-order valence-electron chi connectivity index (χ1n) is 8.67. The number of hydrogen-bond acceptors (Lipinski definition) is 5. The van der Waals surface area contributed by atoms with Crippen LogP contribution < -0.4 is 0 Å². The summed E-state index contributed by atoms with van der Waals surface area (Å²) in [6.45, 7) is 4.90. The van der Waals surface area contributed by atoms with Crippen LogP contribution in [0, 0.1) is 0 Å². The number of aryl methyl sites for hydroxylation is 1. The number of pyridine rings is 1. The standard InChI is InChI=1S/C18H24N4O2/c1-13(2)18-20-16(24-21-18)6-3-7-17(23)22-12-4-5-15(22)14-8-10-19-11-9-14/h8-11,13,15H,3-7,12H2,1-2H3. The topological polar surface area (TPSA) is 72.1 Å². The van der Waals surface area contributed by atoms with Gasteiger partial charge in [-0.25, -0.2) is 0 Å². The van der Waals surface area contributed by atoms with E-state index < -0.39 is 0 Å². The summed E-state index contributed by atoms with van der Waals surface area (Å²) >= 11 is 0. The second-order valence-electron chi connectivity index (χ2n) is 6.58. The molecule has 6 heteroatoms. The molecule has 0 aliphatic carbocycles. The van der Waals surface area contributed by atoms with E-state index >= 15 is 0 Å². The molecule has 0 bridgehead atoms. The lowest BCUT2D eigenvalue weighted by Gasteiger charge is -2.25. The Morgan fingerprint density at radius 1 is 1.38 bits per heavy atom. The zero-order valence-corrected chi connectivity index (χ0v) is 14.3. The van der Waals surface area contributed by atoms with Gasteiger partial charge in [-0.3, -0.25) is 9.78 Å². The van der Waals surface area contributed by atoms with Gasteiger partial charge in [-0.2, -0.15) is 4.98 Å². The van der Waals surface area contributed by atoms with E-state index in [2.05, 4.69) is 15.1 Å². The fourth-order valence-electron chi connectivity index (χ4n) is 3.14. The Morgan fingerprint density at radius 2 is 2.17 bits per heavy atom. The second kappa shape index (κ2) is 7.55. The minimum atomic E-state index is 0.191. The normalized spacial score (nSPS) is 17.6.